The molecule has 5 rings (SSSR count). The standard InChI is InChI=1S/C25H26N4O3/c26-24(27)18-9-8-17-12-23(25(31)28-11-10-20(30)14-28)29(32,22(17)13-18)15-19-6-3-5-16-4-1-2-7-21(16)19/h1-9,13,20,23,30H,10-12,14-15H2,(H3,26,27)/t20-,23?,29?/m1/s1. The topological polar surface area (TPSA) is 113 Å². The van der Waals surface area contributed by atoms with E-state index in [0.717, 1.165) is 21.9 Å². The quantitative estimate of drug-likeness (QED) is 0.256. The second kappa shape index (κ2) is 7.70. The Morgan fingerprint density at radius 2 is 1.97 bits per heavy atom. The van der Waals surface area contributed by atoms with Gasteiger partial charge in [0, 0.05) is 42.3 Å². The van der Waals surface area contributed by atoms with Crippen LogP contribution in [0.5, 0.6) is 0 Å². The average Bonchev–Trinajstić information content (AvgIpc) is 3.34. The monoisotopic (exact) mass is 430 g/mol. The molecule has 3 aromatic rings. The third-order valence-corrected chi connectivity index (χ3v) is 6.77. The summed E-state index contributed by atoms with van der Waals surface area (Å²) >= 11 is 0. The number of nitrogens with one attached hydrogen (secondary N) is 1. The molecule has 0 spiro atoms. The Bertz CT molecular complexity index is 1220. The molecule has 32 heavy (non-hydrogen) atoms. The molecular formula is C25H26N4O3. The molecule has 4 N–H and O–H groups in total. The number of benzene rings is 3. The van der Waals surface area contributed by atoms with Crippen LogP contribution in [0.3, 0.4) is 0 Å². The van der Waals surface area contributed by atoms with Crippen LogP contribution in [0.2, 0.25) is 0 Å². The first-order valence-corrected chi connectivity index (χ1v) is 10.9. The summed E-state index contributed by atoms with van der Waals surface area (Å²) in [5, 5.41) is 34.4. The van der Waals surface area contributed by atoms with E-state index in [1.807, 2.05) is 48.5 Å². The van der Waals surface area contributed by atoms with Gasteiger partial charge in [0.2, 0.25) is 0 Å². The first-order valence-electron chi connectivity index (χ1n) is 10.9. The molecule has 7 heteroatoms. The summed E-state index contributed by atoms with van der Waals surface area (Å²) < 4.78 is -0.824. The highest BCUT2D eigenvalue weighted by molar-refractivity contribution is 5.97. The van der Waals surface area contributed by atoms with E-state index in [9.17, 15) is 15.1 Å². The van der Waals surface area contributed by atoms with Crippen molar-refractivity contribution in [2.75, 3.05) is 13.1 Å². The number of hydroxylamine groups is 2. The number of carbonyl (C=O) groups is 1. The summed E-state index contributed by atoms with van der Waals surface area (Å²) in [6, 6.07) is 18.2. The van der Waals surface area contributed by atoms with E-state index in [2.05, 4.69) is 0 Å². The molecule has 2 aliphatic rings. The van der Waals surface area contributed by atoms with Crippen molar-refractivity contribution >= 4 is 28.2 Å². The SMILES string of the molecule is N=C(N)c1ccc2c(c1)[N+]([O-])(Cc1cccc3ccccc13)C(C(=O)N1CC[C@@H](O)C1)C2. The first kappa shape index (κ1) is 20.6. The molecule has 2 heterocycles. The summed E-state index contributed by atoms with van der Waals surface area (Å²) in [4.78, 5) is 15.1. The van der Waals surface area contributed by atoms with Crippen molar-refractivity contribution in [1.29, 1.82) is 5.41 Å². The zero-order valence-corrected chi connectivity index (χ0v) is 17.7. The average molecular weight is 431 g/mol. The number of fused-ring (bicyclic) bond motifs is 2. The molecule has 0 aliphatic carbocycles. The minimum absolute atomic E-state index is 0.0997. The number of nitrogens with zero attached hydrogens (tertiary/aromatic N) is 2. The molecular weight excluding hydrogens is 404 g/mol. The van der Waals surface area contributed by atoms with Crippen LogP contribution in [0.25, 0.3) is 10.8 Å². The van der Waals surface area contributed by atoms with Crippen LogP contribution in [0, 0.1) is 10.6 Å². The molecule has 7 nitrogen and oxygen atoms in total. The highest BCUT2D eigenvalue weighted by Crippen LogP contribution is 2.42. The lowest BCUT2D eigenvalue weighted by molar-refractivity contribution is -0.134. The number of likely N-dealkylation sites (tertiary alicyclic amines) is 1. The van der Waals surface area contributed by atoms with Crippen LogP contribution < -0.4 is 10.4 Å². The normalized spacial score (nSPS) is 24.6. The summed E-state index contributed by atoms with van der Waals surface area (Å²) in [7, 11) is 0. The van der Waals surface area contributed by atoms with Gasteiger partial charge in [-0.3, -0.25) is 10.2 Å². The van der Waals surface area contributed by atoms with E-state index in [1.54, 1.807) is 17.0 Å². The number of hydrogen-bond acceptors (Lipinski definition) is 4. The Labute approximate surface area is 186 Å². The minimum atomic E-state index is -0.837. The molecule has 2 unspecified atom stereocenters. The van der Waals surface area contributed by atoms with Gasteiger partial charge in [-0.1, -0.05) is 54.6 Å². The maximum atomic E-state index is 14.6. The Kier molecular flexibility index (Phi) is 4.97. The lowest BCUT2D eigenvalue weighted by atomic mass is 10.0. The van der Waals surface area contributed by atoms with Crippen LogP contribution >= 0.6 is 0 Å². The molecule has 0 bridgehead atoms. The highest BCUT2D eigenvalue weighted by atomic mass is 16.6. The molecule has 2 aliphatic heterocycles. The Balaban J connectivity index is 1.61. The van der Waals surface area contributed by atoms with Crippen molar-refractivity contribution in [1.82, 2.24) is 9.55 Å². The van der Waals surface area contributed by atoms with Crippen LogP contribution in [0.15, 0.2) is 60.7 Å². The fourth-order valence-corrected chi connectivity index (χ4v) is 5.08. The summed E-state index contributed by atoms with van der Waals surface area (Å²) in [6.07, 6.45) is 0.314. The molecule has 3 aromatic carbocycles. The number of rotatable bonds is 4. The zero-order valence-electron chi connectivity index (χ0n) is 17.7. The van der Waals surface area contributed by atoms with E-state index in [0.29, 0.717) is 30.6 Å². The van der Waals surface area contributed by atoms with Gasteiger partial charge >= 0.3 is 0 Å². The number of aliphatic hydroxyl groups excluding tert-OH is 1. The van der Waals surface area contributed by atoms with E-state index < -0.39 is 16.8 Å². The predicted molar refractivity (Wildman–Crippen MR) is 125 cm³/mol. The van der Waals surface area contributed by atoms with Gasteiger partial charge in [0.1, 0.15) is 18.1 Å². The molecule has 0 saturated carbocycles. The number of β-amino-alcohol motifs (C(OH)–C–C–N with tert-alkyl or cyclic N) is 1. The number of nitrogens with two attached hydrogens (primary N) is 1. The van der Waals surface area contributed by atoms with Crippen LogP contribution in [0.1, 0.15) is 23.1 Å². The molecule has 0 radical (unpaired) electrons. The first-order chi connectivity index (χ1) is 15.4. The molecule has 1 saturated heterocycles. The fraction of sp³-hybridized carbons (Fsp3) is 0.280. The number of amidine groups is 1. The van der Waals surface area contributed by atoms with E-state index in [4.69, 9.17) is 11.1 Å². The van der Waals surface area contributed by atoms with Crippen LogP contribution in [-0.2, 0) is 17.8 Å². The fourth-order valence-electron chi connectivity index (χ4n) is 5.08. The third-order valence-electron chi connectivity index (χ3n) is 6.77. The Hall–Kier alpha value is -3.26. The van der Waals surface area contributed by atoms with E-state index >= 15 is 0 Å². The number of hydrogen-bond donors (Lipinski definition) is 3. The number of carbonyl (C=O) groups excluding carboxylic acids is 1. The third kappa shape index (κ3) is 3.35. The molecule has 0 aromatic heterocycles. The second-order valence-corrected chi connectivity index (χ2v) is 8.80. The summed E-state index contributed by atoms with van der Waals surface area (Å²) in [6.45, 7) is 0.820. The number of amides is 1. The number of nitrogen functional groups attached to an aromatic ring is 1. The lowest BCUT2D eigenvalue weighted by Crippen LogP contribution is -2.56. The van der Waals surface area contributed by atoms with Crippen molar-refractivity contribution in [3.63, 3.8) is 0 Å². The van der Waals surface area contributed by atoms with Crippen molar-refractivity contribution in [2.45, 2.75) is 31.5 Å². The van der Waals surface area contributed by atoms with Crippen molar-refractivity contribution < 1.29 is 9.90 Å². The van der Waals surface area contributed by atoms with Gasteiger partial charge in [-0.05, 0) is 17.2 Å². The van der Waals surface area contributed by atoms with E-state index in [-0.39, 0.29) is 24.8 Å². The Morgan fingerprint density at radius 3 is 2.72 bits per heavy atom. The molecule has 1 fully saturated rings. The van der Waals surface area contributed by atoms with Crippen LogP contribution in [-0.4, -0.2) is 47.0 Å². The summed E-state index contributed by atoms with van der Waals surface area (Å²) in [5.74, 6) is -0.334. The maximum absolute atomic E-state index is 14.6. The van der Waals surface area contributed by atoms with Gasteiger partial charge < -0.3 is 25.6 Å². The maximum Gasteiger partial charge on any atom is 0.282 e. The second-order valence-electron chi connectivity index (χ2n) is 8.80. The van der Waals surface area contributed by atoms with E-state index in [1.165, 1.54) is 0 Å². The number of aliphatic hydroxyl groups is 1. The number of quaternary nitrogens is 1. The van der Waals surface area contributed by atoms with Gasteiger partial charge in [-0.15, -0.1) is 0 Å². The minimum Gasteiger partial charge on any atom is -0.627 e. The van der Waals surface area contributed by atoms with Gasteiger partial charge in [0.15, 0.2) is 6.04 Å². The molecule has 1 amide bonds. The molecule has 164 valence electrons. The predicted octanol–water partition coefficient (Wildman–Crippen LogP) is 2.65. The van der Waals surface area contributed by atoms with Gasteiger partial charge in [0.25, 0.3) is 5.91 Å². The van der Waals surface area contributed by atoms with Crippen LogP contribution in [0.4, 0.5) is 5.69 Å². The lowest BCUT2D eigenvalue weighted by Gasteiger charge is -2.44. The molecule has 3 atom stereocenters. The zero-order chi connectivity index (χ0) is 22.5. The van der Waals surface area contributed by atoms with Crippen molar-refractivity contribution in [3.8, 4) is 0 Å². The largest absolute Gasteiger partial charge is 0.627 e. The van der Waals surface area contributed by atoms with Gasteiger partial charge in [-0.2, -0.15) is 0 Å². The van der Waals surface area contributed by atoms with Crippen molar-refractivity contribution in [2.24, 2.45) is 5.73 Å². The highest BCUT2D eigenvalue weighted by Gasteiger charge is 2.47. The van der Waals surface area contributed by atoms with Gasteiger partial charge in [0.05, 0.1) is 6.10 Å². The van der Waals surface area contributed by atoms with Gasteiger partial charge in [-0.25, -0.2) is 0 Å². The van der Waals surface area contributed by atoms with Crippen molar-refractivity contribution in [3.05, 3.63) is 82.6 Å². The smallest absolute Gasteiger partial charge is 0.282 e. The summed E-state index contributed by atoms with van der Waals surface area (Å²) in [5.41, 5.74) is 8.35. The Morgan fingerprint density at radius 1 is 1.19 bits per heavy atom.